The van der Waals surface area contributed by atoms with Crippen LogP contribution in [0.15, 0.2) is 24.4 Å². The van der Waals surface area contributed by atoms with E-state index in [1.165, 1.54) is 19.2 Å². The average Bonchev–Trinajstić information content (AvgIpc) is 2.75. The maximum atomic E-state index is 13.6. The molecule has 0 aliphatic heterocycles. The van der Waals surface area contributed by atoms with Crippen LogP contribution in [-0.4, -0.2) is 16.1 Å². The van der Waals surface area contributed by atoms with Gasteiger partial charge in [-0.15, -0.1) is 0 Å². The van der Waals surface area contributed by atoms with E-state index in [9.17, 15) is 13.6 Å². The molecule has 0 saturated carbocycles. The molecule has 1 aromatic carbocycles. The van der Waals surface area contributed by atoms with Crippen LogP contribution in [-0.2, 0) is 0 Å². The van der Waals surface area contributed by atoms with Gasteiger partial charge in [-0.05, 0) is 26.0 Å². The van der Waals surface area contributed by atoms with Gasteiger partial charge in [0.2, 0.25) is 0 Å². The summed E-state index contributed by atoms with van der Waals surface area (Å²) in [5.41, 5.74) is 0.791. The van der Waals surface area contributed by atoms with E-state index in [2.05, 4.69) is 15.5 Å². The molecule has 1 aromatic heterocycles. The van der Waals surface area contributed by atoms with Crippen LogP contribution in [0.1, 0.15) is 34.6 Å². The first kappa shape index (κ1) is 13.2. The topological polar surface area (TPSA) is 57.8 Å². The lowest BCUT2D eigenvalue weighted by Gasteiger charge is -2.15. The SMILES string of the molecule is Cc1[nH]ncc1C(=O)NC(C)c1c(F)cccc1F. The molecule has 2 rings (SSSR count). The van der Waals surface area contributed by atoms with Crippen LogP contribution in [0.3, 0.4) is 0 Å². The summed E-state index contributed by atoms with van der Waals surface area (Å²) in [6.07, 6.45) is 1.37. The zero-order chi connectivity index (χ0) is 14.0. The van der Waals surface area contributed by atoms with E-state index in [4.69, 9.17) is 0 Å². The standard InChI is InChI=1S/C13H13F2N3O/c1-7-9(6-16-18-7)13(19)17-8(2)12-10(14)4-3-5-11(12)15/h3-6,8H,1-2H3,(H,16,18)(H,17,19). The average molecular weight is 265 g/mol. The van der Waals surface area contributed by atoms with Crippen LogP contribution in [0, 0.1) is 18.6 Å². The predicted octanol–water partition coefficient (Wildman–Crippen LogP) is 2.49. The van der Waals surface area contributed by atoms with Gasteiger partial charge in [0.25, 0.3) is 5.91 Å². The summed E-state index contributed by atoms with van der Waals surface area (Å²) < 4.78 is 27.1. The molecule has 0 bridgehead atoms. The van der Waals surface area contributed by atoms with Gasteiger partial charge in [-0.2, -0.15) is 5.10 Å². The van der Waals surface area contributed by atoms with Gasteiger partial charge in [0.05, 0.1) is 17.8 Å². The summed E-state index contributed by atoms with van der Waals surface area (Å²) in [7, 11) is 0. The van der Waals surface area contributed by atoms with E-state index < -0.39 is 23.6 Å². The zero-order valence-electron chi connectivity index (χ0n) is 10.5. The number of aromatic nitrogens is 2. The molecular weight excluding hydrogens is 252 g/mol. The normalized spacial score (nSPS) is 12.2. The number of aromatic amines is 1. The lowest BCUT2D eigenvalue weighted by molar-refractivity contribution is 0.0938. The number of hydrogen-bond donors (Lipinski definition) is 2. The highest BCUT2D eigenvalue weighted by molar-refractivity contribution is 5.95. The second-order valence-corrected chi connectivity index (χ2v) is 4.24. The molecule has 0 saturated heterocycles. The highest BCUT2D eigenvalue weighted by Crippen LogP contribution is 2.20. The van der Waals surface area contributed by atoms with Crippen molar-refractivity contribution in [2.75, 3.05) is 0 Å². The minimum atomic E-state index is -0.775. The minimum Gasteiger partial charge on any atom is -0.345 e. The van der Waals surface area contributed by atoms with Crippen LogP contribution in [0.25, 0.3) is 0 Å². The van der Waals surface area contributed by atoms with Crippen molar-refractivity contribution in [3.05, 3.63) is 52.9 Å². The Hall–Kier alpha value is -2.24. The van der Waals surface area contributed by atoms with Crippen molar-refractivity contribution in [3.8, 4) is 0 Å². The molecule has 0 spiro atoms. The third kappa shape index (κ3) is 2.62. The molecule has 1 unspecified atom stereocenters. The number of H-pyrrole nitrogens is 1. The van der Waals surface area contributed by atoms with Gasteiger partial charge in [-0.25, -0.2) is 8.78 Å². The van der Waals surface area contributed by atoms with Crippen molar-refractivity contribution in [1.29, 1.82) is 0 Å². The molecule has 2 aromatic rings. The lowest BCUT2D eigenvalue weighted by atomic mass is 10.1. The maximum absolute atomic E-state index is 13.6. The quantitative estimate of drug-likeness (QED) is 0.895. The molecule has 19 heavy (non-hydrogen) atoms. The Morgan fingerprint density at radius 2 is 2.00 bits per heavy atom. The summed E-state index contributed by atoms with van der Waals surface area (Å²) >= 11 is 0. The lowest BCUT2D eigenvalue weighted by Crippen LogP contribution is -2.28. The Kier molecular flexibility index (Phi) is 3.59. The van der Waals surface area contributed by atoms with Gasteiger partial charge in [0.1, 0.15) is 11.6 Å². The van der Waals surface area contributed by atoms with Crippen molar-refractivity contribution in [2.45, 2.75) is 19.9 Å². The molecule has 0 aliphatic rings. The third-order valence-corrected chi connectivity index (χ3v) is 2.85. The van der Waals surface area contributed by atoms with E-state index in [1.54, 1.807) is 6.92 Å². The fraction of sp³-hybridized carbons (Fsp3) is 0.231. The molecule has 4 nitrogen and oxygen atoms in total. The van der Waals surface area contributed by atoms with Gasteiger partial charge in [0.15, 0.2) is 0 Å². The molecule has 0 aliphatic carbocycles. The Morgan fingerprint density at radius 3 is 2.53 bits per heavy atom. The summed E-state index contributed by atoms with van der Waals surface area (Å²) in [6.45, 7) is 3.21. The van der Waals surface area contributed by atoms with Gasteiger partial charge in [0, 0.05) is 11.3 Å². The van der Waals surface area contributed by atoms with Crippen molar-refractivity contribution in [2.24, 2.45) is 0 Å². The van der Waals surface area contributed by atoms with E-state index >= 15 is 0 Å². The van der Waals surface area contributed by atoms with E-state index in [0.29, 0.717) is 11.3 Å². The Balaban J connectivity index is 2.20. The summed E-state index contributed by atoms with van der Waals surface area (Å²) in [5, 5.41) is 8.89. The highest BCUT2D eigenvalue weighted by Gasteiger charge is 2.19. The predicted molar refractivity (Wildman–Crippen MR) is 65.6 cm³/mol. The van der Waals surface area contributed by atoms with Crippen molar-refractivity contribution >= 4 is 5.91 Å². The number of carbonyl (C=O) groups is 1. The van der Waals surface area contributed by atoms with Crippen LogP contribution in [0.4, 0.5) is 8.78 Å². The molecule has 100 valence electrons. The summed E-state index contributed by atoms with van der Waals surface area (Å²) in [4.78, 5) is 11.9. The Bertz CT molecular complexity index is 589. The minimum absolute atomic E-state index is 0.156. The molecule has 0 fully saturated rings. The van der Waals surface area contributed by atoms with Crippen LogP contribution >= 0.6 is 0 Å². The van der Waals surface area contributed by atoms with Crippen molar-refractivity contribution in [1.82, 2.24) is 15.5 Å². The number of carbonyl (C=O) groups excluding carboxylic acids is 1. The molecule has 1 atom stereocenters. The molecule has 6 heteroatoms. The van der Waals surface area contributed by atoms with Gasteiger partial charge in [-0.1, -0.05) is 6.07 Å². The monoisotopic (exact) mass is 265 g/mol. The Labute approximate surface area is 108 Å². The van der Waals surface area contributed by atoms with Crippen molar-refractivity contribution in [3.63, 3.8) is 0 Å². The number of nitrogens with one attached hydrogen (secondary N) is 2. The van der Waals surface area contributed by atoms with Crippen LogP contribution in [0.2, 0.25) is 0 Å². The smallest absolute Gasteiger partial charge is 0.255 e. The fourth-order valence-corrected chi connectivity index (χ4v) is 1.85. The first-order valence-corrected chi connectivity index (χ1v) is 5.75. The van der Waals surface area contributed by atoms with Crippen LogP contribution in [0.5, 0.6) is 0 Å². The second kappa shape index (κ2) is 5.17. The highest BCUT2D eigenvalue weighted by atomic mass is 19.1. The summed E-state index contributed by atoms with van der Waals surface area (Å²) in [6, 6.07) is 2.82. The fourth-order valence-electron chi connectivity index (χ4n) is 1.85. The van der Waals surface area contributed by atoms with Gasteiger partial charge >= 0.3 is 0 Å². The Morgan fingerprint density at radius 1 is 1.37 bits per heavy atom. The van der Waals surface area contributed by atoms with Crippen molar-refractivity contribution < 1.29 is 13.6 Å². The number of nitrogens with zero attached hydrogens (tertiary/aromatic N) is 1. The molecule has 1 heterocycles. The third-order valence-electron chi connectivity index (χ3n) is 2.85. The molecule has 0 radical (unpaired) electrons. The number of rotatable bonds is 3. The van der Waals surface area contributed by atoms with Gasteiger partial charge < -0.3 is 5.32 Å². The first-order chi connectivity index (χ1) is 9.00. The van der Waals surface area contributed by atoms with E-state index in [0.717, 1.165) is 12.1 Å². The number of aryl methyl sites for hydroxylation is 1. The molecule has 1 amide bonds. The second-order valence-electron chi connectivity index (χ2n) is 4.24. The zero-order valence-corrected chi connectivity index (χ0v) is 10.5. The number of hydrogen-bond acceptors (Lipinski definition) is 2. The number of halogens is 2. The van der Waals surface area contributed by atoms with E-state index in [-0.39, 0.29) is 5.56 Å². The maximum Gasteiger partial charge on any atom is 0.255 e. The largest absolute Gasteiger partial charge is 0.345 e. The van der Waals surface area contributed by atoms with E-state index in [1.807, 2.05) is 0 Å². The van der Waals surface area contributed by atoms with Gasteiger partial charge in [-0.3, -0.25) is 9.89 Å². The molecular formula is C13H13F2N3O. The first-order valence-electron chi connectivity index (χ1n) is 5.75. The number of amides is 1. The molecule has 2 N–H and O–H groups in total. The van der Waals surface area contributed by atoms with Crippen LogP contribution < -0.4 is 5.32 Å². The number of benzene rings is 1. The summed E-state index contributed by atoms with van der Waals surface area (Å²) in [5.74, 6) is -1.80.